The summed E-state index contributed by atoms with van der Waals surface area (Å²) >= 11 is 0. The first-order chi connectivity index (χ1) is 36.2. The van der Waals surface area contributed by atoms with Crippen molar-refractivity contribution in [2.24, 2.45) is 0 Å². The fraction of sp³-hybridized carbons (Fsp3) is 0.0141. The van der Waals surface area contributed by atoms with E-state index in [2.05, 4.69) is 261 Å². The third-order valence-electron chi connectivity index (χ3n) is 15.7. The predicted octanol–water partition coefficient (Wildman–Crippen LogP) is 18.3. The highest BCUT2D eigenvalue weighted by Crippen LogP contribution is 2.63. The van der Waals surface area contributed by atoms with E-state index in [1.54, 1.807) is 0 Å². The Balaban J connectivity index is 0.765. The summed E-state index contributed by atoms with van der Waals surface area (Å²) in [5.74, 6) is 0.704. The van der Waals surface area contributed by atoms with Gasteiger partial charge in [0.1, 0.15) is 0 Å². The fourth-order valence-corrected chi connectivity index (χ4v) is 12.4. The third kappa shape index (κ3) is 6.37. The minimum absolute atomic E-state index is 0.434. The van der Waals surface area contributed by atoms with E-state index in [-0.39, 0.29) is 0 Å². The van der Waals surface area contributed by atoms with Gasteiger partial charge in [0.25, 0.3) is 0 Å². The van der Waals surface area contributed by atoms with Crippen molar-refractivity contribution in [1.82, 2.24) is 9.97 Å². The monoisotopic (exact) mass is 924 g/mol. The lowest BCUT2D eigenvalue weighted by atomic mass is 9.70. The van der Waals surface area contributed by atoms with E-state index in [0.29, 0.717) is 5.82 Å². The molecule has 12 aromatic carbocycles. The smallest absolute Gasteiger partial charge is 0.160 e. The number of fused-ring (bicyclic) bond motifs is 14. The Hall–Kier alpha value is -9.50. The zero-order valence-electron chi connectivity index (χ0n) is 39.8. The Bertz CT molecular complexity index is 4280. The van der Waals surface area contributed by atoms with Crippen LogP contribution in [0.5, 0.6) is 0 Å². The normalized spacial score (nSPS) is 12.8. The van der Waals surface area contributed by atoms with E-state index < -0.39 is 5.41 Å². The molecule has 0 atom stereocenters. The van der Waals surface area contributed by atoms with Crippen LogP contribution in [0.1, 0.15) is 22.3 Å². The summed E-state index contributed by atoms with van der Waals surface area (Å²) in [6.07, 6.45) is 0. The molecule has 2 aliphatic rings. The van der Waals surface area contributed by atoms with Crippen LogP contribution < -0.4 is 0 Å². The van der Waals surface area contributed by atoms with Crippen LogP contribution in [0.2, 0.25) is 0 Å². The van der Waals surface area contributed by atoms with Crippen molar-refractivity contribution in [3.05, 3.63) is 289 Å². The van der Waals surface area contributed by atoms with Gasteiger partial charge in [-0.3, -0.25) is 0 Å². The van der Waals surface area contributed by atoms with Gasteiger partial charge < -0.3 is 0 Å². The Morgan fingerprint density at radius 2 is 0.685 bits per heavy atom. The highest BCUT2D eigenvalue weighted by Gasteiger charge is 2.51. The van der Waals surface area contributed by atoms with E-state index in [1.807, 2.05) is 6.07 Å². The minimum Gasteiger partial charge on any atom is -0.228 e. The van der Waals surface area contributed by atoms with E-state index >= 15 is 0 Å². The van der Waals surface area contributed by atoms with Crippen LogP contribution >= 0.6 is 0 Å². The van der Waals surface area contributed by atoms with Crippen molar-refractivity contribution >= 4 is 32.3 Å². The Morgan fingerprint density at radius 1 is 0.233 bits per heavy atom. The lowest BCUT2D eigenvalue weighted by molar-refractivity contribution is 0.794. The van der Waals surface area contributed by atoms with E-state index in [4.69, 9.17) is 9.97 Å². The number of hydrogen-bond donors (Lipinski definition) is 0. The van der Waals surface area contributed by atoms with Crippen molar-refractivity contribution in [3.63, 3.8) is 0 Å². The van der Waals surface area contributed by atoms with Crippen molar-refractivity contribution in [1.29, 1.82) is 0 Å². The zero-order valence-corrected chi connectivity index (χ0v) is 39.8. The van der Waals surface area contributed by atoms with Crippen LogP contribution in [0.3, 0.4) is 0 Å². The second-order valence-corrected chi connectivity index (χ2v) is 19.6. The molecule has 15 rings (SSSR count). The van der Waals surface area contributed by atoms with Gasteiger partial charge in [-0.05, 0) is 128 Å². The van der Waals surface area contributed by atoms with Crippen molar-refractivity contribution in [2.45, 2.75) is 5.41 Å². The first kappa shape index (κ1) is 41.3. The molecule has 0 N–H and O–H groups in total. The van der Waals surface area contributed by atoms with Gasteiger partial charge in [0.15, 0.2) is 5.82 Å². The van der Waals surface area contributed by atoms with Crippen LogP contribution in [-0.4, -0.2) is 9.97 Å². The molecule has 1 spiro atoms. The maximum Gasteiger partial charge on any atom is 0.160 e. The maximum atomic E-state index is 5.32. The summed E-state index contributed by atoms with van der Waals surface area (Å²) in [5.41, 5.74) is 22.1. The molecule has 13 aromatic rings. The summed E-state index contributed by atoms with van der Waals surface area (Å²) in [6, 6.07) is 97.6. The van der Waals surface area contributed by atoms with E-state index in [1.165, 1.54) is 99.1 Å². The third-order valence-corrected chi connectivity index (χ3v) is 15.7. The highest BCUT2D eigenvalue weighted by atomic mass is 14.9. The number of benzene rings is 12. The second kappa shape index (κ2) is 16.3. The number of nitrogens with zero attached hydrogens (tertiary/aromatic N) is 2. The Kier molecular flexibility index (Phi) is 9.21. The van der Waals surface area contributed by atoms with Gasteiger partial charge in [0.05, 0.1) is 16.8 Å². The van der Waals surface area contributed by atoms with Crippen molar-refractivity contribution in [3.8, 4) is 89.5 Å². The highest BCUT2D eigenvalue weighted by molar-refractivity contribution is 6.20. The molecule has 2 heteroatoms. The molecule has 0 unspecified atom stereocenters. The number of rotatable bonds is 6. The van der Waals surface area contributed by atoms with Crippen molar-refractivity contribution in [2.75, 3.05) is 0 Å². The second-order valence-electron chi connectivity index (χ2n) is 19.6. The lowest BCUT2D eigenvalue weighted by Crippen LogP contribution is -2.25. The molecule has 0 fully saturated rings. The topological polar surface area (TPSA) is 25.8 Å². The SMILES string of the molecule is c1ccc(-c2nc(-c3ccc(-c4ccc(-c5ccc(-c6c7ccccc7cc7c6ccc6ccccc67)cc5)cc4)cc3)cc(-c3ccc4c(c3)C3(c5ccccc5-c5ccccc53)c3ccccc3-4)n2)cc1. The summed E-state index contributed by atoms with van der Waals surface area (Å²) in [4.78, 5) is 10.6. The molecule has 2 aliphatic carbocycles. The molecule has 0 aliphatic heterocycles. The summed E-state index contributed by atoms with van der Waals surface area (Å²) in [6.45, 7) is 0. The van der Waals surface area contributed by atoms with Crippen LogP contribution in [0, 0.1) is 0 Å². The molecule has 2 nitrogen and oxygen atoms in total. The summed E-state index contributed by atoms with van der Waals surface area (Å²) in [7, 11) is 0. The van der Waals surface area contributed by atoms with Crippen LogP contribution in [-0.2, 0) is 5.41 Å². The molecule has 0 saturated heterocycles. The predicted molar refractivity (Wildman–Crippen MR) is 303 cm³/mol. The average Bonchev–Trinajstić information content (AvgIpc) is 3.94. The molecule has 0 saturated carbocycles. The van der Waals surface area contributed by atoms with Gasteiger partial charge >= 0.3 is 0 Å². The van der Waals surface area contributed by atoms with Gasteiger partial charge in [-0.15, -0.1) is 0 Å². The molecule has 0 bridgehead atoms. The van der Waals surface area contributed by atoms with Crippen LogP contribution in [0.15, 0.2) is 267 Å². The molecule has 1 heterocycles. The number of aromatic nitrogens is 2. The first-order valence-electron chi connectivity index (χ1n) is 25.2. The summed E-state index contributed by atoms with van der Waals surface area (Å²) < 4.78 is 0. The lowest BCUT2D eigenvalue weighted by Gasteiger charge is -2.30. The fourth-order valence-electron chi connectivity index (χ4n) is 12.4. The Labute approximate surface area is 424 Å². The molecule has 338 valence electrons. The Morgan fingerprint density at radius 3 is 1.29 bits per heavy atom. The van der Waals surface area contributed by atoms with E-state index in [9.17, 15) is 0 Å². The van der Waals surface area contributed by atoms with Gasteiger partial charge in [-0.25, -0.2) is 9.97 Å². The first-order valence-corrected chi connectivity index (χ1v) is 25.2. The van der Waals surface area contributed by atoms with Crippen LogP contribution in [0.4, 0.5) is 0 Å². The zero-order chi connectivity index (χ0) is 48.0. The average molecular weight is 925 g/mol. The van der Waals surface area contributed by atoms with Crippen LogP contribution in [0.25, 0.3) is 122 Å². The quantitative estimate of drug-likeness (QED) is 0.123. The molecule has 0 radical (unpaired) electrons. The van der Waals surface area contributed by atoms with Gasteiger partial charge in [-0.2, -0.15) is 0 Å². The van der Waals surface area contributed by atoms with Crippen molar-refractivity contribution < 1.29 is 0 Å². The molecular formula is C71H44N2. The molecule has 0 amide bonds. The van der Waals surface area contributed by atoms with Gasteiger partial charge in [0.2, 0.25) is 0 Å². The summed E-state index contributed by atoms with van der Waals surface area (Å²) in [5, 5.41) is 7.64. The van der Waals surface area contributed by atoms with Gasteiger partial charge in [-0.1, -0.05) is 249 Å². The molecular weight excluding hydrogens is 881 g/mol. The molecule has 1 aromatic heterocycles. The minimum atomic E-state index is -0.434. The standard InChI is InChI=1S/C71H44N2/c1-2-15-52(16-3-1)70-72-67(44-68(73-70)54-39-40-60-59-22-10-13-25-65(59)71(66(60)43-54)63-23-11-8-20-57(63)58-21-9-12-24-64(58)71)50-34-30-47(31-35-50)45-26-28-46(29-27-45)48-32-36-51(37-33-48)69-56-19-7-5-17-53(56)42-62-55-18-6-4-14-49(55)38-41-61(62)69/h1-44H. The van der Waals surface area contributed by atoms with Gasteiger partial charge in [0, 0.05) is 16.7 Å². The largest absolute Gasteiger partial charge is 0.228 e. The maximum absolute atomic E-state index is 5.32. The van der Waals surface area contributed by atoms with E-state index in [0.717, 1.165) is 39.2 Å². The number of hydrogen-bond acceptors (Lipinski definition) is 2. The molecule has 73 heavy (non-hydrogen) atoms.